The number of benzene rings is 2. The minimum Gasteiger partial charge on any atom is -0.326 e. The first-order valence-corrected chi connectivity index (χ1v) is 9.76. The SMILES string of the molecule is Cc1nn(-c2ccccc2)c2ncc(NC(=O)CCC(=O)Nc3ccc(F)cc3)cc12. The Kier molecular flexibility index (Phi) is 5.70. The number of nitrogens with one attached hydrogen (secondary N) is 2. The summed E-state index contributed by atoms with van der Waals surface area (Å²) < 4.78 is 14.7. The molecule has 4 rings (SSSR count). The number of rotatable bonds is 6. The van der Waals surface area contributed by atoms with E-state index in [4.69, 9.17) is 0 Å². The predicted octanol–water partition coefficient (Wildman–Crippen LogP) is 4.23. The van der Waals surface area contributed by atoms with Gasteiger partial charge in [-0.15, -0.1) is 0 Å². The Morgan fingerprint density at radius 1 is 0.935 bits per heavy atom. The van der Waals surface area contributed by atoms with Crippen LogP contribution in [0.15, 0.2) is 66.9 Å². The molecular weight excluding hydrogens is 397 g/mol. The van der Waals surface area contributed by atoms with E-state index in [-0.39, 0.29) is 30.5 Å². The number of anilines is 2. The third-order valence-electron chi connectivity index (χ3n) is 4.70. The van der Waals surface area contributed by atoms with E-state index >= 15 is 0 Å². The van der Waals surface area contributed by atoms with Gasteiger partial charge in [0.1, 0.15) is 5.82 Å². The normalized spacial score (nSPS) is 10.8. The lowest BCUT2D eigenvalue weighted by atomic mass is 10.2. The van der Waals surface area contributed by atoms with Crippen LogP contribution in [0.5, 0.6) is 0 Å². The maximum atomic E-state index is 12.9. The van der Waals surface area contributed by atoms with E-state index < -0.39 is 0 Å². The highest BCUT2D eigenvalue weighted by Gasteiger charge is 2.13. The average molecular weight is 417 g/mol. The molecule has 2 heterocycles. The summed E-state index contributed by atoms with van der Waals surface area (Å²) in [6, 6.07) is 16.9. The molecule has 0 atom stereocenters. The van der Waals surface area contributed by atoms with Crippen LogP contribution in [0.4, 0.5) is 15.8 Å². The molecule has 0 spiro atoms. The van der Waals surface area contributed by atoms with Crippen LogP contribution in [0.2, 0.25) is 0 Å². The van der Waals surface area contributed by atoms with Gasteiger partial charge < -0.3 is 10.6 Å². The summed E-state index contributed by atoms with van der Waals surface area (Å²) in [6.45, 7) is 1.88. The van der Waals surface area contributed by atoms with E-state index in [9.17, 15) is 14.0 Å². The van der Waals surface area contributed by atoms with E-state index in [0.717, 1.165) is 16.8 Å². The number of para-hydroxylation sites is 1. The van der Waals surface area contributed by atoms with Crippen molar-refractivity contribution in [2.45, 2.75) is 19.8 Å². The van der Waals surface area contributed by atoms with Crippen molar-refractivity contribution < 1.29 is 14.0 Å². The van der Waals surface area contributed by atoms with Gasteiger partial charge in [0.2, 0.25) is 11.8 Å². The van der Waals surface area contributed by atoms with Crippen molar-refractivity contribution in [3.05, 3.63) is 78.4 Å². The Morgan fingerprint density at radius 3 is 2.26 bits per heavy atom. The number of aryl methyl sites for hydroxylation is 1. The van der Waals surface area contributed by atoms with E-state index in [1.165, 1.54) is 24.3 Å². The second-order valence-corrected chi connectivity index (χ2v) is 7.03. The molecule has 0 fully saturated rings. The highest BCUT2D eigenvalue weighted by molar-refractivity contribution is 5.97. The molecule has 0 saturated carbocycles. The summed E-state index contributed by atoms with van der Waals surface area (Å²) in [5.74, 6) is -1.01. The monoisotopic (exact) mass is 417 g/mol. The maximum absolute atomic E-state index is 12.9. The molecule has 2 aromatic carbocycles. The van der Waals surface area contributed by atoms with Crippen LogP contribution in [0.1, 0.15) is 18.5 Å². The molecule has 0 bridgehead atoms. The molecule has 2 N–H and O–H groups in total. The summed E-state index contributed by atoms with van der Waals surface area (Å²) in [6.07, 6.45) is 1.58. The highest BCUT2D eigenvalue weighted by atomic mass is 19.1. The number of aromatic nitrogens is 3. The molecule has 7 nitrogen and oxygen atoms in total. The van der Waals surface area contributed by atoms with E-state index in [1.807, 2.05) is 43.3 Å². The first-order valence-electron chi connectivity index (χ1n) is 9.76. The third-order valence-corrected chi connectivity index (χ3v) is 4.70. The Hall–Kier alpha value is -4.07. The van der Waals surface area contributed by atoms with E-state index in [2.05, 4.69) is 20.7 Å². The van der Waals surface area contributed by atoms with Crippen molar-refractivity contribution in [2.75, 3.05) is 10.6 Å². The Morgan fingerprint density at radius 2 is 1.58 bits per heavy atom. The quantitative estimate of drug-likeness (QED) is 0.491. The lowest BCUT2D eigenvalue weighted by molar-refractivity contribution is -0.121. The van der Waals surface area contributed by atoms with E-state index in [1.54, 1.807) is 10.9 Å². The van der Waals surface area contributed by atoms with Gasteiger partial charge >= 0.3 is 0 Å². The van der Waals surface area contributed by atoms with Crippen LogP contribution in [-0.4, -0.2) is 26.6 Å². The van der Waals surface area contributed by atoms with Crippen LogP contribution < -0.4 is 10.6 Å². The zero-order chi connectivity index (χ0) is 21.8. The van der Waals surface area contributed by atoms with Gasteiger partial charge in [-0.1, -0.05) is 18.2 Å². The van der Waals surface area contributed by atoms with Gasteiger partial charge in [-0.3, -0.25) is 9.59 Å². The van der Waals surface area contributed by atoms with Crippen molar-refractivity contribution in [1.29, 1.82) is 0 Å². The number of pyridine rings is 1. The van der Waals surface area contributed by atoms with Crippen LogP contribution in [0.3, 0.4) is 0 Å². The average Bonchev–Trinajstić information content (AvgIpc) is 3.10. The van der Waals surface area contributed by atoms with Gasteiger partial charge in [0, 0.05) is 23.9 Å². The van der Waals surface area contributed by atoms with E-state index in [0.29, 0.717) is 17.0 Å². The maximum Gasteiger partial charge on any atom is 0.224 e. The van der Waals surface area contributed by atoms with Gasteiger partial charge in [-0.25, -0.2) is 14.1 Å². The number of amides is 2. The first-order chi connectivity index (χ1) is 15.0. The Balaban J connectivity index is 1.39. The minimum absolute atomic E-state index is 0.00382. The zero-order valence-electron chi connectivity index (χ0n) is 16.8. The Bertz CT molecular complexity index is 1240. The van der Waals surface area contributed by atoms with Gasteiger partial charge in [-0.05, 0) is 49.4 Å². The summed E-state index contributed by atoms with van der Waals surface area (Å²) in [4.78, 5) is 28.7. The predicted molar refractivity (Wildman–Crippen MR) is 116 cm³/mol. The molecule has 0 saturated heterocycles. The summed E-state index contributed by atoms with van der Waals surface area (Å²) >= 11 is 0. The molecule has 156 valence electrons. The molecule has 8 heteroatoms. The fraction of sp³-hybridized carbons (Fsp3) is 0.130. The number of nitrogens with zero attached hydrogens (tertiary/aromatic N) is 3. The van der Waals surface area contributed by atoms with Crippen molar-refractivity contribution in [1.82, 2.24) is 14.8 Å². The first kappa shape index (κ1) is 20.2. The Labute approximate surface area is 177 Å². The topological polar surface area (TPSA) is 88.9 Å². The number of hydrogen-bond acceptors (Lipinski definition) is 4. The third kappa shape index (κ3) is 4.75. The summed E-state index contributed by atoms with van der Waals surface area (Å²) in [5, 5.41) is 10.8. The number of fused-ring (bicyclic) bond motifs is 1. The second kappa shape index (κ2) is 8.74. The van der Waals surface area contributed by atoms with Crippen molar-refractivity contribution in [2.24, 2.45) is 0 Å². The molecule has 0 aliphatic rings. The lowest BCUT2D eigenvalue weighted by Crippen LogP contribution is -2.17. The van der Waals surface area contributed by atoms with Crippen LogP contribution in [0, 0.1) is 12.7 Å². The van der Waals surface area contributed by atoms with Crippen LogP contribution in [0.25, 0.3) is 16.7 Å². The molecule has 31 heavy (non-hydrogen) atoms. The van der Waals surface area contributed by atoms with Crippen molar-refractivity contribution in [3.8, 4) is 5.69 Å². The fourth-order valence-corrected chi connectivity index (χ4v) is 3.17. The number of hydrogen-bond donors (Lipinski definition) is 2. The molecular formula is C23H20FN5O2. The molecule has 0 aliphatic heterocycles. The molecule has 2 aromatic heterocycles. The van der Waals surface area contributed by atoms with Gasteiger partial charge in [0.25, 0.3) is 0 Å². The smallest absolute Gasteiger partial charge is 0.224 e. The highest BCUT2D eigenvalue weighted by Crippen LogP contribution is 2.23. The van der Waals surface area contributed by atoms with Gasteiger partial charge in [0.05, 0.1) is 23.3 Å². The van der Waals surface area contributed by atoms with Crippen LogP contribution >= 0.6 is 0 Å². The zero-order valence-corrected chi connectivity index (χ0v) is 16.8. The number of halogens is 1. The number of carbonyl (C=O) groups excluding carboxylic acids is 2. The largest absolute Gasteiger partial charge is 0.326 e. The van der Waals surface area contributed by atoms with Crippen molar-refractivity contribution >= 4 is 34.2 Å². The standard InChI is InChI=1S/C23H20FN5O2/c1-15-20-13-18(14-25-23(20)29(28-15)19-5-3-2-4-6-19)27-22(31)12-11-21(30)26-17-9-7-16(24)8-10-17/h2-10,13-14H,11-12H2,1H3,(H,26,30)(H,27,31). The fourth-order valence-electron chi connectivity index (χ4n) is 3.17. The number of carbonyl (C=O) groups is 2. The van der Waals surface area contributed by atoms with Gasteiger partial charge in [-0.2, -0.15) is 5.10 Å². The lowest BCUT2D eigenvalue weighted by Gasteiger charge is -2.07. The van der Waals surface area contributed by atoms with Crippen molar-refractivity contribution in [3.63, 3.8) is 0 Å². The van der Waals surface area contributed by atoms with Gasteiger partial charge in [0.15, 0.2) is 5.65 Å². The van der Waals surface area contributed by atoms with Crippen LogP contribution in [-0.2, 0) is 9.59 Å². The molecule has 2 amide bonds. The second-order valence-electron chi connectivity index (χ2n) is 7.03. The summed E-state index contributed by atoms with van der Waals surface area (Å²) in [5.41, 5.74) is 3.40. The molecule has 0 aliphatic carbocycles. The molecule has 4 aromatic rings. The minimum atomic E-state index is -0.382. The molecule has 0 radical (unpaired) electrons. The summed E-state index contributed by atoms with van der Waals surface area (Å²) in [7, 11) is 0. The molecule has 0 unspecified atom stereocenters.